The number of hydrogen-bond acceptors (Lipinski definition) is 0. The van der Waals surface area contributed by atoms with Gasteiger partial charge in [-0.1, -0.05) is 158 Å². The van der Waals surface area contributed by atoms with Gasteiger partial charge in [0.15, 0.2) is 0 Å². The van der Waals surface area contributed by atoms with Gasteiger partial charge in [0, 0.05) is 0 Å². The molecule has 4 atom stereocenters. The van der Waals surface area contributed by atoms with Crippen molar-refractivity contribution in [3.63, 3.8) is 0 Å². The van der Waals surface area contributed by atoms with Gasteiger partial charge in [-0.15, -0.1) is 0 Å². The Morgan fingerprint density at radius 1 is 0.600 bits per heavy atom. The molecule has 1 saturated carbocycles. The van der Waals surface area contributed by atoms with Crippen LogP contribution in [0, 0.1) is 18.8 Å². The molecule has 0 spiro atoms. The number of allylic oxidation sites excluding steroid dienone is 6. The smallest absolute Gasteiger partial charge is 0.00553 e. The first-order chi connectivity index (χ1) is 19.6. The van der Waals surface area contributed by atoms with E-state index in [1.807, 2.05) is 0 Å². The van der Waals surface area contributed by atoms with Crippen molar-refractivity contribution in [1.29, 1.82) is 0 Å². The summed E-state index contributed by atoms with van der Waals surface area (Å²) in [7, 11) is 0. The van der Waals surface area contributed by atoms with Crippen LogP contribution in [0.5, 0.6) is 0 Å². The molecule has 0 saturated heterocycles. The van der Waals surface area contributed by atoms with Crippen LogP contribution in [-0.2, 0) is 6.42 Å². The molecule has 0 bridgehead atoms. The van der Waals surface area contributed by atoms with Gasteiger partial charge >= 0.3 is 0 Å². The standard InChI is InChI=1S/C40H38/c1-29-13-15-31(16-14-29)19-23-36-25-26-37(40-28-39(36)40)24-20-32-17-21-34(22-18-32)30(2)38(35-11-7-4-8-12-35)27-33-9-5-3-6-10-33/h3-26,30,38-40H,27-28H2,1-2H3/b23-19+,24-20+. The molecule has 2 aliphatic carbocycles. The van der Waals surface area contributed by atoms with Crippen molar-refractivity contribution in [2.75, 3.05) is 0 Å². The van der Waals surface area contributed by atoms with E-state index in [0.29, 0.717) is 23.7 Å². The third kappa shape index (κ3) is 6.18. The zero-order valence-electron chi connectivity index (χ0n) is 23.6. The number of hydrogen-bond donors (Lipinski definition) is 0. The van der Waals surface area contributed by atoms with E-state index >= 15 is 0 Å². The van der Waals surface area contributed by atoms with Crippen LogP contribution in [0.4, 0.5) is 0 Å². The van der Waals surface area contributed by atoms with Crippen LogP contribution in [0.25, 0.3) is 12.2 Å². The summed E-state index contributed by atoms with van der Waals surface area (Å²) in [4.78, 5) is 0. The maximum absolute atomic E-state index is 2.38. The summed E-state index contributed by atoms with van der Waals surface area (Å²) in [5.74, 6) is 2.20. The zero-order chi connectivity index (χ0) is 27.3. The highest BCUT2D eigenvalue weighted by Crippen LogP contribution is 2.52. The Morgan fingerprint density at radius 3 is 1.70 bits per heavy atom. The van der Waals surface area contributed by atoms with Gasteiger partial charge in [-0.3, -0.25) is 0 Å². The van der Waals surface area contributed by atoms with Gasteiger partial charge in [0.2, 0.25) is 0 Å². The number of benzene rings is 4. The molecule has 0 heterocycles. The average molecular weight is 519 g/mol. The second kappa shape index (κ2) is 11.9. The molecule has 0 aliphatic heterocycles. The van der Waals surface area contributed by atoms with Gasteiger partial charge < -0.3 is 0 Å². The molecule has 4 aromatic carbocycles. The Morgan fingerprint density at radius 2 is 1.12 bits per heavy atom. The van der Waals surface area contributed by atoms with Gasteiger partial charge in [0.25, 0.3) is 0 Å². The molecular weight excluding hydrogens is 480 g/mol. The van der Waals surface area contributed by atoms with Crippen LogP contribution in [0.3, 0.4) is 0 Å². The molecule has 40 heavy (non-hydrogen) atoms. The van der Waals surface area contributed by atoms with E-state index in [4.69, 9.17) is 0 Å². The van der Waals surface area contributed by atoms with Crippen LogP contribution >= 0.6 is 0 Å². The van der Waals surface area contributed by atoms with E-state index in [2.05, 4.69) is 159 Å². The minimum absolute atomic E-state index is 0.422. The summed E-state index contributed by atoms with van der Waals surface area (Å²) in [6.07, 6.45) is 16.1. The maximum Gasteiger partial charge on any atom is -0.00553 e. The number of aryl methyl sites for hydroxylation is 1. The Kier molecular flexibility index (Phi) is 7.78. The van der Waals surface area contributed by atoms with Crippen LogP contribution in [0.15, 0.2) is 145 Å². The summed E-state index contributed by atoms with van der Waals surface area (Å²) < 4.78 is 0. The van der Waals surface area contributed by atoms with Crippen molar-refractivity contribution >= 4 is 12.2 Å². The second-order valence-electron chi connectivity index (χ2n) is 11.5. The van der Waals surface area contributed by atoms with Crippen molar-refractivity contribution in [3.05, 3.63) is 178 Å². The van der Waals surface area contributed by atoms with Crippen LogP contribution in [-0.4, -0.2) is 0 Å². The molecule has 2 aliphatic rings. The van der Waals surface area contributed by atoms with E-state index in [-0.39, 0.29) is 0 Å². The molecule has 0 nitrogen and oxygen atoms in total. The van der Waals surface area contributed by atoms with E-state index in [0.717, 1.165) is 6.42 Å². The minimum Gasteiger partial charge on any atom is -0.0622 e. The fourth-order valence-electron chi connectivity index (χ4n) is 6.09. The van der Waals surface area contributed by atoms with Crippen molar-refractivity contribution in [3.8, 4) is 0 Å². The van der Waals surface area contributed by atoms with E-state index in [1.54, 1.807) is 0 Å². The third-order valence-corrected chi connectivity index (χ3v) is 8.72. The van der Waals surface area contributed by atoms with E-state index < -0.39 is 0 Å². The van der Waals surface area contributed by atoms with Gasteiger partial charge in [-0.25, -0.2) is 0 Å². The number of rotatable bonds is 9. The summed E-state index contributed by atoms with van der Waals surface area (Å²) >= 11 is 0. The summed E-state index contributed by atoms with van der Waals surface area (Å²) in [6.45, 7) is 4.51. The Bertz CT molecular complexity index is 1530. The van der Waals surface area contributed by atoms with E-state index in [1.165, 1.54) is 50.9 Å². The molecule has 6 rings (SSSR count). The van der Waals surface area contributed by atoms with Gasteiger partial charge in [0.1, 0.15) is 0 Å². The lowest BCUT2D eigenvalue weighted by molar-refractivity contribution is 0.572. The quantitative estimate of drug-likeness (QED) is 0.207. The molecule has 0 aromatic heterocycles. The van der Waals surface area contributed by atoms with Crippen LogP contribution in [0.2, 0.25) is 0 Å². The highest BCUT2D eigenvalue weighted by atomic mass is 14.5. The van der Waals surface area contributed by atoms with Crippen molar-refractivity contribution in [2.45, 2.75) is 38.5 Å². The lowest BCUT2D eigenvalue weighted by atomic mass is 9.79. The largest absolute Gasteiger partial charge is 0.0622 e. The van der Waals surface area contributed by atoms with Gasteiger partial charge in [-0.2, -0.15) is 0 Å². The predicted octanol–water partition coefficient (Wildman–Crippen LogP) is 10.4. The zero-order valence-corrected chi connectivity index (χ0v) is 23.6. The average Bonchev–Trinajstić information content (AvgIpc) is 3.81. The van der Waals surface area contributed by atoms with Crippen LogP contribution < -0.4 is 0 Å². The number of fused-ring (bicyclic) bond motifs is 1. The molecule has 4 unspecified atom stereocenters. The highest BCUT2D eigenvalue weighted by molar-refractivity contribution is 5.59. The minimum atomic E-state index is 0.422. The van der Waals surface area contributed by atoms with Crippen LogP contribution in [0.1, 0.15) is 58.6 Å². The fourth-order valence-corrected chi connectivity index (χ4v) is 6.09. The predicted molar refractivity (Wildman–Crippen MR) is 171 cm³/mol. The topological polar surface area (TPSA) is 0 Å². The Hall–Kier alpha value is -4.16. The monoisotopic (exact) mass is 518 g/mol. The van der Waals surface area contributed by atoms with Crippen molar-refractivity contribution in [2.24, 2.45) is 11.8 Å². The van der Waals surface area contributed by atoms with Gasteiger partial charge in [0.05, 0.1) is 0 Å². The molecule has 0 radical (unpaired) electrons. The first-order valence-corrected chi connectivity index (χ1v) is 14.7. The molecule has 0 N–H and O–H groups in total. The summed E-state index contributed by atoms with van der Waals surface area (Å²) in [6, 6.07) is 39.9. The molecule has 0 heteroatoms. The summed E-state index contributed by atoms with van der Waals surface area (Å²) in [5, 5.41) is 0. The fraction of sp³-hybridized carbons (Fsp3) is 0.200. The third-order valence-electron chi connectivity index (χ3n) is 8.72. The Balaban J connectivity index is 1.13. The molecule has 1 fully saturated rings. The van der Waals surface area contributed by atoms with Crippen molar-refractivity contribution in [1.82, 2.24) is 0 Å². The lowest BCUT2D eigenvalue weighted by Crippen LogP contribution is -2.11. The first kappa shape index (κ1) is 26.1. The van der Waals surface area contributed by atoms with Gasteiger partial charge in [-0.05, 0) is 82.4 Å². The highest BCUT2D eigenvalue weighted by Gasteiger charge is 2.42. The molecule has 0 amide bonds. The lowest BCUT2D eigenvalue weighted by Gasteiger charge is -2.25. The normalized spacial score (nSPS) is 19.6. The maximum atomic E-state index is 2.38. The van der Waals surface area contributed by atoms with E-state index in [9.17, 15) is 0 Å². The summed E-state index contributed by atoms with van der Waals surface area (Å²) in [5.41, 5.74) is 11.0. The SMILES string of the molecule is Cc1ccc(/C=C/C2=CC=C(/C=C/c3ccc(C(C)C(Cc4ccccc4)c4ccccc4)cc3)C3CC23)cc1. The first-order valence-electron chi connectivity index (χ1n) is 14.7. The molecule has 198 valence electrons. The van der Waals surface area contributed by atoms with Crippen molar-refractivity contribution < 1.29 is 0 Å². The Labute approximate surface area is 240 Å². The molecular formula is C40H38. The molecule has 4 aromatic rings. The second-order valence-corrected chi connectivity index (χ2v) is 11.5.